The highest BCUT2D eigenvalue weighted by molar-refractivity contribution is 7.13. The van der Waals surface area contributed by atoms with Crippen molar-refractivity contribution in [1.82, 2.24) is 10.3 Å². The van der Waals surface area contributed by atoms with Crippen LogP contribution in [0.1, 0.15) is 33.3 Å². The van der Waals surface area contributed by atoms with Crippen molar-refractivity contribution >= 4 is 33.8 Å². The molecule has 29 heavy (non-hydrogen) atoms. The van der Waals surface area contributed by atoms with Crippen LogP contribution in [0.15, 0.2) is 47.8 Å². The number of Topliss-reactive ketones (excluding diaryl/α,β-unsaturated/α-hetero) is 1. The summed E-state index contributed by atoms with van der Waals surface area (Å²) < 4.78 is 10.4. The molecule has 0 fully saturated rings. The maximum absolute atomic E-state index is 12.4. The molecule has 1 heterocycles. The van der Waals surface area contributed by atoms with Gasteiger partial charge in [0.05, 0.1) is 26.5 Å². The molecule has 3 rings (SSSR count). The van der Waals surface area contributed by atoms with Gasteiger partial charge in [-0.3, -0.25) is 9.59 Å². The van der Waals surface area contributed by atoms with Gasteiger partial charge in [0.2, 0.25) is 0 Å². The van der Waals surface area contributed by atoms with E-state index in [9.17, 15) is 9.59 Å². The number of carbonyl (C=O) groups excluding carboxylic acids is 2. The predicted molar refractivity (Wildman–Crippen MR) is 113 cm³/mol. The number of aromatic nitrogens is 1. The van der Waals surface area contributed by atoms with E-state index in [1.807, 2.05) is 17.5 Å². The minimum Gasteiger partial charge on any atom is -0.497 e. The Morgan fingerprint density at radius 2 is 1.66 bits per heavy atom. The first-order valence-corrected chi connectivity index (χ1v) is 9.70. The van der Waals surface area contributed by atoms with Gasteiger partial charge < -0.3 is 20.1 Å². The maximum atomic E-state index is 12.4. The molecular weight excluding hydrogens is 390 g/mol. The van der Waals surface area contributed by atoms with Gasteiger partial charge in [-0.15, -0.1) is 11.3 Å². The van der Waals surface area contributed by atoms with Crippen LogP contribution in [0.2, 0.25) is 0 Å². The van der Waals surface area contributed by atoms with Crippen molar-refractivity contribution in [3.8, 4) is 11.5 Å². The van der Waals surface area contributed by atoms with Gasteiger partial charge in [0.25, 0.3) is 5.91 Å². The van der Waals surface area contributed by atoms with Gasteiger partial charge in [-0.2, -0.15) is 0 Å². The number of amides is 1. The van der Waals surface area contributed by atoms with Crippen LogP contribution in [-0.2, 0) is 6.54 Å². The number of nitrogens with zero attached hydrogens (tertiary/aromatic N) is 1. The van der Waals surface area contributed by atoms with Crippen molar-refractivity contribution in [3.05, 3.63) is 64.7 Å². The molecule has 150 valence electrons. The Morgan fingerprint density at radius 3 is 2.24 bits per heavy atom. The Bertz CT molecular complexity index is 993. The number of nitrogens with one attached hydrogen (secondary N) is 2. The van der Waals surface area contributed by atoms with E-state index in [4.69, 9.17) is 9.47 Å². The third-order valence-electron chi connectivity index (χ3n) is 4.14. The summed E-state index contributed by atoms with van der Waals surface area (Å²) in [6, 6.07) is 12.2. The van der Waals surface area contributed by atoms with Gasteiger partial charge in [-0.05, 0) is 43.3 Å². The molecule has 2 aromatic carbocycles. The summed E-state index contributed by atoms with van der Waals surface area (Å²) in [5.41, 5.74) is 2.68. The average molecular weight is 411 g/mol. The van der Waals surface area contributed by atoms with Crippen LogP contribution >= 0.6 is 11.3 Å². The zero-order valence-electron chi connectivity index (χ0n) is 16.3. The second-order valence-electron chi connectivity index (χ2n) is 6.19. The summed E-state index contributed by atoms with van der Waals surface area (Å²) in [6.07, 6.45) is 0. The fourth-order valence-electron chi connectivity index (χ4n) is 2.57. The summed E-state index contributed by atoms with van der Waals surface area (Å²) in [5.74, 6) is 0.873. The number of thiazole rings is 1. The lowest BCUT2D eigenvalue weighted by molar-refractivity contribution is 0.0948. The minimum absolute atomic E-state index is 0.0254. The summed E-state index contributed by atoms with van der Waals surface area (Å²) >= 11 is 1.43. The number of carbonyl (C=O) groups is 2. The molecule has 0 atom stereocenters. The highest BCUT2D eigenvalue weighted by atomic mass is 32.1. The summed E-state index contributed by atoms with van der Waals surface area (Å²) in [6.45, 7) is 1.82. The zero-order valence-corrected chi connectivity index (χ0v) is 17.1. The van der Waals surface area contributed by atoms with Crippen LogP contribution in [-0.4, -0.2) is 30.9 Å². The van der Waals surface area contributed by atoms with Crippen molar-refractivity contribution in [1.29, 1.82) is 0 Å². The fourth-order valence-corrected chi connectivity index (χ4v) is 3.30. The molecular formula is C21H21N3O4S. The van der Waals surface area contributed by atoms with Gasteiger partial charge in [0, 0.05) is 28.3 Å². The number of benzene rings is 2. The van der Waals surface area contributed by atoms with Gasteiger partial charge >= 0.3 is 0 Å². The van der Waals surface area contributed by atoms with Crippen LogP contribution in [0, 0.1) is 0 Å². The summed E-state index contributed by atoms with van der Waals surface area (Å²) in [5, 5.41) is 8.61. The molecule has 2 N–H and O–H groups in total. The smallest absolute Gasteiger partial charge is 0.251 e. The molecule has 1 aromatic heterocycles. The minimum atomic E-state index is -0.246. The van der Waals surface area contributed by atoms with E-state index in [0.29, 0.717) is 34.3 Å². The normalized spacial score (nSPS) is 10.3. The van der Waals surface area contributed by atoms with E-state index < -0.39 is 0 Å². The zero-order chi connectivity index (χ0) is 20.8. The maximum Gasteiger partial charge on any atom is 0.251 e. The SMILES string of the molecule is COc1cc(OC)cc(C(=O)NCc2csc(Nc3ccc(C(C)=O)cc3)n2)c1. The van der Waals surface area contributed by atoms with Crippen molar-refractivity contribution in [2.45, 2.75) is 13.5 Å². The number of ether oxygens (including phenoxy) is 2. The molecule has 3 aromatic rings. The third-order valence-corrected chi connectivity index (χ3v) is 4.94. The Kier molecular flexibility index (Phi) is 6.46. The molecule has 0 aliphatic rings. The highest BCUT2D eigenvalue weighted by Gasteiger charge is 2.11. The molecule has 1 amide bonds. The lowest BCUT2D eigenvalue weighted by atomic mass is 10.1. The first-order chi connectivity index (χ1) is 14.0. The second-order valence-corrected chi connectivity index (χ2v) is 7.04. The molecule has 8 heteroatoms. The van der Waals surface area contributed by atoms with E-state index in [0.717, 1.165) is 11.4 Å². The molecule has 0 spiro atoms. The molecule has 0 saturated carbocycles. The number of hydrogen-bond donors (Lipinski definition) is 2. The molecule has 0 saturated heterocycles. The van der Waals surface area contributed by atoms with E-state index in [-0.39, 0.29) is 11.7 Å². The first kappa shape index (κ1) is 20.3. The predicted octanol–water partition coefficient (Wildman–Crippen LogP) is 4.04. The number of hydrogen-bond acceptors (Lipinski definition) is 7. The number of rotatable bonds is 8. The monoisotopic (exact) mass is 411 g/mol. The van der Waals surface area contributed by atoms with E-state index in [1.165, 1.54) is 32.5 Å². The van der Waals surface area contributed by atoms with Crippen LogP contribution < -0.4 is 20.1 Å². The number of ketones is 1. The van der Waals surface area contributed by atoms with Crippen LogP contribution in [0.5, 0.6) is 11.5 Å². The van der Waals surface area contributed by atoms with Crippen molar-refractivity contribution in [3.63, 3.8) is 0 Å². The number of methoxy groups -OCH3 is 2. The van der Waals surface area contributed by atoms with Gasteiger partial charge in [-0.1, -0.05) is 0 Å². The molecule has 0 bridgehead atoms. The number of anilines is 2. The quantitative estimate of drug-likeness (QED) is 0.544. The topological polar surface area (TPSA) is 89.5 Å². The van der Waals surface area contributed by atoms with Gasteiger partial charge in [0.1, 0.15) is 11.5 Å². The summed E-state index contributed by atoms with van der Waals surface area (Å²) in [4.78, 5) is 28.3. The van der Waals surface area contributed by atoms with E-state index in [1.54, 1.807) is 30.3 Å². The Morgan fingerprint density at radius 1 is 1.00 bits per heavy atom. The fraction of sp³-hybridized carbons (Fsp3) is 0.190. The lowest BCUT2D eigenvalue weighted by Crippen LogP contribution is -2.23. The van der Waals surface area contributed by atoms with Gasteiger partial charge in [-0.25, -0.2) is 4.98 Å². The first-order valence-electron chi connectivity index (χ1n) is 8.82. The largest absolute Gasteiger partial charge is 0.497 e. The average Bonchev–Trinajstić information content (AvgIpc) is 3.19. The van der Waals surface area contributed by atoms with Crippen LogP contribution in [0.25, 0.3) is 0 Å². The van der Waals surface area contributed by atoms with Crippen molar-refractivity contribution in [2.24, 2.45) is 0 Å². The van der Waals surface area contributed by atoms with Crippen LogP contribution in [0.4, 0.5) is 10.8 Å². The Hall–Kier alpha value is -3.39. The van der Waals surface area contributed by atoms with Crippen molar-refractivity contribution in [2.75, 3.05) is 19.5 Å². The molecule has 0 aliphatic carbocycles. The highest BCUT2D eigenvalue weighted by Crippen LogP contribution is 2.23. The molecule has 0 unspecified atom stereocenters. The Labute approximate surface area is 172 Å². The summed E-state index contributed by atoms with van der Waals surface area (Å²) in [7, 11) is 3.07. The standard InChI is InChI=1S/C21H21N3O4S/c1-13(25)14-4-6-16(7-5-14)23-21-24-17(12-29-21)11-22-20(26)15-8-18(27-2)10-19(9-15)28-3/h4-10,12H,11H2,1-3H3,(H,22,26)(H,23,24). The molecule has 0 aliphatic heterocycles. The second kappa shape index (κ2) is 9.20. The lowest BCUT2D eigenvalue weighted by Gasteiger charge is -2.08. The van der Waals surface area contributed by atoms with E-state index in [2.05, 4.69) is 15.6 Å². The third kappa shape index (κ3) is 5.32. The molecule has 7 nitrogen and oxygen atoms in total. The van der Waals surface area contributed by atoms with E-state index >= 15 is 0 Å². The van der Waals surface area contributed by atoms with Crippen LogP contribution in [0.3, 0.4) is 0 Å². The van der Waals surface area contributed by atoms with Crippen molar-refractivity contribution < 1.29 is 19.1 Å². The molecule has 0 radical (unpaired) electrons. The van der Waals surface area contributed by atoms with Gasteiger partial charge in [0.15, 0.2) is 10.9 Å². The Balaban J connectivity index is 1.60.